The summed E-state index contributed by atoms with van der Waals surface area (Å²) in [4.78, 5) is 11.8. The van der Waals surface area contributed by atoms with Crippen LogP contribution in [-0.4, -0.2) is 22.2 Å². The molecule has 6 heteroatoms. The fourth-order valence-electron chi connectivity index (χ4n) is 2.42. The maximum Gasteiger partial charge on any atom is 0.302 e. The van der Waals surface area contributed by atoms with E-state index < -0.39 is 5.91 Å². The molecule has 6 nitrogen and oxygen atoms in total. The van der Waals surface area contributed by atoms with Crippen molar-refractivity contribution >= 4 is 22.5 Å². The molecule has 122 valence electrons. The maximum absolute atomic E-state index is 11.8. The zero-order chi connectivity index (χ0) is 17.1. The minimum Gasteiger partial charge on any atom is -0.493 e. The van der Waals surface area contributed by atoms with Gasteiger partial charge in [-0.05, 0) is 31.2 Å². The molecule has 0 unspecified atom stereocenters. The van der Waals surface area contributed by atoms with E-state index in [1.54, 1.807) is 23.7 Å². The van der Waals surface area contributed by atoms with Gasteiger partial charge in [-0.1, -0.05) is 29.8 Å². The molecular formula is C18H17N3O3. The molecule has 1 aromatic heterocycles. The highest BCUT2D eigenvalue weighted by atomic mass is 16.5. The number of amides is 1. The number of fused-ring (bicyclic) bond motifs is 1. The van der Waals surface area contributed by atoms with Crippen LogP contribution < -0.4 is 4.74 Å². The summed E-state index contributed by atoms with van der Waals surface area (Å²) in [5.41, 5.74) is 2.13. The van der Waals surface area contributed by atoms with Crippen molar-refractivity contribution in [3.8, 4) is 11.6 Å². The number of hydrogen-bond acceptors (Lipinski definition) is 4. The number of aryl methyl sites for hydroxylation is 2. The summed E-state index contributed by atoms with van der Waals surface area (Å²) in [6.07, 6.45) is 0. The van der Waals surface area contributed by atoms with Gasteiger partial charge in [-0.25, -0.2) is 0 Å². The highest BCUT2D eigenvalue weighted by molar-refractivity contribution is 5.95. The largest absolute Gasteiger partial charge is 0.493 e. The molecule has 3 aromatic rings. The SMILES string of the molecule is Cc1ccc2c(c1)c(N=NC(=O)COc1ccccc1)c(O)n2C. The minimum absolute atomic E-state index is 0.0314. The van der Waals surface area contributed by atoms with Gasteiger partial charge in [0.1, 0.15) is 5.75 Å². The van der Waals surface area contributed by atoms with E-state index in [-0.39, 0.29) is 18.2 Å². The Bertz CT molecular complexity index is 914. The molecule has 1 heterocycles. The van der Waals surface area contributed by atoms with Crippen LogP contribution in [0.4, 0.5) is 5.69 Å². The lowest BCUT2D eigenvalue weighted by Gasteiger charge is -2.01. The van der Waals surface area contributed by atoms with Gasteiger partial charge in [-0.3, -0.25) is 4.79 Å². The molecule has 0 fully saturated rings. The molecule has 0 saturated heterocycles. The van der Waals surface area contributed by atoms with Crippen molar-refractivity contribution in [1.82, 2.24) is 4.57 Å². The predicted octanol–water partition coefficient (Wildman–Crippen LogP) is 3.88. The Balaban J connectivity index is 1.79. The summed E-state index contributed by atoms with van der Waals surface area (Å²) in [7, 11) is 1.73. The third-order valence-corrected chi connectivity index (χ3v) is 3.67. The number of para-hydroxylation sites is 1. The standard InChI is InChI=1S/C18H17N3O3/c1-12-8-9-15-14(10-12)17(18(23)21(15)2)20-19-16(22)11-24-13-6-4-3-5-7-13/h3-10,23H,11H2,1-2H3. The third-order valence-electron chi connectivity index (χ3n) is 3.67. The van der Waals surface area contributed by atoms with Gasteiger partial charge in [0.15, 0.2) is 12.3 Å². The van der Waals surface area contributed by atoms with Crippen molar-refractivity contribution in [3.63, 3.8) is 0 Å². The Kier molecular flexibility index (Phi) is 4.29. The van der Waals surface area contributed by atoms with Crippen LogP contribution in [0.15, 0.2) is 58.8 Å². The second kappa shape index (κ2) is 6.54. The first-order valence-corrected chi connectivity index (χ1v) is 7.46. The fraction of sp³-hybridized carbons (Fsp3) is 0.167. The second-order valence-corrected chi connectivity index (χ2v) is 5.45. The lowest BCUT2D eigenvalue weighted by molar-refractivity contribution is -0.120. The Morgan fingerprint density at radius 3 is 2.71 bits per heavy atom. The number of benzene rings is 2. The Morgan fingerprint density at radius 2 is 1.96 bits per heavy atom. The van der Waals surface area contributed by atoms with E-state index in [9.17, 15) is 9.90 Å². The van der Waals surface area contributed by atoms with E-state index >= 15 is 0 Å². The Hall–Kier alpha value is -3.15. The van der Waals surface area contributed by atoms with Crippen molar-refractivity contribution < 1.29 is 14.6 Å². The zero-order valence-corrected chi connectivity index (χ0v) is 13.4. The van der Waals surface area contributed by atoms with Gasteiger partial charge in [0.2, 0.25) is 5.88 Å². The summed E-state index contributed by atoms with van der Waals surface area (Å²) in [5.74, 6) is 0.0312. The number of carbonyl (C=O) groups is 1. The van der Waals surface area contributed by atoms with Crippen LogP contribution in [0.25, 0.3) is 10.9 Å². The molecule has 1 N–H and O–H groups in total. The van der Waals surface area contributed by atoms with Crippen LogP contribution in [0.5, 0.6) is 11.6 Å². The van der Waals surface area contributed by atoms with Gasteiger partial charge in [-0.15, -0.1) is 10.2 Å². The number of ether oxygens (including phenoxy) is 1. The van der Waals surface area contributed by atoms with Crippen LogP contribution >= 0.6 is 0 Å². The minimum atomic E-state index is -0.525. The summed E-state index contributed by atoms with van der Waals surface area (Å²) in [6, 6.07) is 14.7. The lowest BCUT2D eigenvalue weighted by Crippen LogP contribution is -2.07. The zero-order valence-electron chi connectivity index (χ0n) is 13.4. The number of aromatic nitrogens is 1. The van der Waals surface area contributed by atoms with Gasteiger partial charge in [0.05, 0.1) is 5.52 Å². The van der Waals surface area contributed by atoms with E-state index in [1.807, 2.05) is 43.3 Å². The maximum atomic E-state index is 11.8. The molecule has 3 rings (SSSR count). The molecule has 0 bridgehead atoms. The first-order valence-electron chi connectivity index (χ1n) is 7.46. The van der Waals surface area contributed by atoms with Crippen LogP contribution in [-0.2, 0) is 11.8 Å². The third kappa shape index (κ3) is 3.12. The van der Waals surface area contributed by atoms with Crippen LogP contribution in [0.2, 0.25) is 0 Å². The normalized spacial score (nSPS) is 11.2. The average molecular weight is 323 g/mol. The van der Waals surface area contributed by atoms with Crippen molar-refractivity contribution in [3.05, 3.63) is 54.1 Å². The predicted molar refractivity (Wildman–Crippen MR) is 90.8 cm³/mol. The summed E-state index contributed by atoms with van der Waals surface area (Å²) >= 11 is 0. The molecule has 0 radical (unpaired) electrons. The number of azo groups is 1. The Labute approximate surface area is 139 Å². The number of nitrogens with zero attached hydrogens (tertiary/aromatic N) is 3. The summed E-state index contributed by atoms with van der Waals surface area (Å²) in [6.45, 7) is 1.74. The van der Waals surface area contributed by atoms with Crippen molar-refractivity contribution in [2.24, 2.45) is 17.3 Å². The van der Waals surface area contributed by atoms with Gasteiger partial charge >= 0.3 is 5.91 Å². The van der Waals surface area contributed by atoms with E-state index in [1.165, 1.54) is 0 Å². The molecule has 24 heavy (non-hydrogen) atoms. The van der Waals surface area contributed by atoms with Crippen LogP contribution in [0, 0.1) is 6.92 Å². The molecular weight excluding hydrogens is 306 g/mol. The smallest absolute Gasteiger partial charge is 0.302 e. The molecule has 0 aliphatic carbocycles. The number of carbonyl (C=O) groups excluding carboxylic acids is 1. The van der Waals surface area contributed by atoms with Crippen molar-refractivity contribution in [1.29, 1.82) is 0 Å². The van der Waals surface area contributed by atoms with Gasteiger partial charge < -0.3 is 14.4 Å². The molecule has 2 aromatic carbocycles. The molecule has 0 aliphatic rings. The van der Waals surface area contributed by atoms with Gasteiger partial charge in [0, 0.05) is 12.4 Å². The second-order valence-electron chi connectivity index (χ2n) is 5.45. The first-order chi connectivity index (χ1) is 11.6. The van der Waals surface area contributed by atoms with E-state index in [4.69, 9.17) is 4.74 Å². The van der Waals surface area contributed by atoms with E-state index in [0.717, 1.165) is 16.5 Å². The quantitative estimate of drug-likeness (QED) is 0.740. The van der Waals surface area contributed by atoms with Crippen LogP contribution in [0.1, 0.15) is 5.56 Å². The van der Waals surface area contributed by atoms with E-state index in [0.29, 0.717) is 5.75 Å². The first kappa shape index (κ1) is 15.7. The monoisotopic (exact) mass is 323 g/mol. The fourth-order valence-corrected chi connectivity index (χ4v) is 2.42. The number of aromatic hydroxyl groups is 1. The summed E-state index contributed by atoms with van der Waals surface area (Å²) in [5, 5.41) is 18.5. The molecule has 0 aliphatic heterocycles. The molecule has 1 amide bonds. The van der Waals surface area contributed by atoms with E-state index in [2.05, 4.69) is 10.2 Å². The van der Waals surface area contributed by atoms with Crippen LogP contribution in [0.3, 0.4) is 0 Å². The van der Waals surface area contributed by atoms with Gasteiger partial charge in [0.25, 0.3) is 0 Å². The highest BCUT2D eigenvalue weighted by Gasteiger charge is 2.14. The lowest BCUT2D eigenvalue weighted by atomic mass is 10.1. The van der Waals surface area contributed by atoms with Gasteiger partial charge in [-0.2, -0.15) is 0 Å². The molecule has 0 saturated carbocycles. The topological polar surface area (TPSA) is 76.2 Å². The van der Waals surface area contributed by atoms with Crippen molar-refractivity contribution in [2.45, 2.75) is 6.92 Å². The number of hydrogen-bond donors (Lipinski definition) is 1. The van der Waals surface area contributed by atoms with Crippen molar-refractivity contribution in [2.75, 3.05) is 6.61 Å². The highest BCUT2D eigenvalue weighted by Crippen LogP contribution is 2.38. The number of rotatable bonds is 4. The Morgan fingerprint density at radius 1 is 1.21 bits per heavy atom. The molecule has 0 atom stereocenters. The molecule has 0 spiro atoms. The average Bonchev–Trinajstić information content (AvgIpc) is 2.82. The summed E-state index contributed by atoms with van der Waals surface area (Å²) < 4.78 is 6.93.